The molecule has 0 amide bonds. The zero-order chi connectivity index (χ0) is 20.3. The molecule has 0 aromatic heterocycles. The van der Waals surface area contributed by atoms with Gasteiger partial charge in [-0.3, -0.25) is 4.79 Å². The molecule has 0 saturated heterocycles. The molecule has 0 radical (unpaired) electrons. The van der Waals surface area contributed by atoms with Crippen LogP contribution in [-0.4, -0.2) is 32.2 Å². The van der Waals surface area contributed by atoms with Crippen LogP contribution in [-0.2, 0) is 17.6 Å². The van der Waals surface area contributed by atoms with E-state index in [0.717, 1.165) is 22.6 Å². The van der Waals surface area contributed by atoms with Crippen LogP contribution < -0.4 is 18.9 Å². The van der Waals surface area contributed by atoms with E-state index in [0.29, 0.717) is 24.3 Å². The Bertz CT molecular complexity index is 904. The Morgan fingerprint density at radius 1 is 0.828 bits per heavy atom. The maximum atomic E-state index is 13.6. The Balaban J connectivity index is 1.57. The minimum absolute atomic E-state index is 0.179. The first-order valence-corrected chi connectivity index (χ1v) is 10.1. The summed E-state index contributed by atoms with van der Waals surface area (Å²) in [6, 6.07) is 11.8. The lowest BCUT2D eigenvalue weighted by Gasteiger charge is -2.54. The van der Waals surface area contributed by atoms with Crippen molar-refractivity contribution in [2.75, 3.05) is 14.2 Å². The molecular weight excluding hydrogens is 368 g/mol. The maximum Gasteiger partial charge on any atom is 0.164 e. The first-order valence-electron chi connectivity index (χ1n) is 10.1. The summed E-state index contributed by atoms with van der Waals surface area (Å²) in [5.41, 5.74) is 1.71. The molecule has 2 aliphatic heterocycles. The molecule has 0 spiro atoms. The highest BCUT2D eigenvalue weighted by Gasteiger charge is 2.60. The van der Waals surface area contributed by atoms with Crippen molar-refractivity contribution >= 4 is 5.78 Å². The molecule has 0 bridgehead atoms. The van der Waals surface area contributed by atoms with Gasteiger partial charge < -0.3 is 18.9 Å². The first-order chi connectivity index (χ1) is 14.0. The predicted octanol–water partition coefficient (Wildman–Crippen LogP) is 3.85. The molecule has 2 aromatic rings. The summed E-state index contributed by atoms with van der Waals surface area (Å²) < 4.78 is 24.0. The molecule has 5 rings (SSSR count). The van der Waals surface area contributed by atoms with Gasteiger partial charge in [-0.05, 0) is 36.1 Å². The van der Waals surface area contributed by atoms with E-state index >= 15 is 0 Å². The number of hydrogen-bond donors (Lipinski definition) is 0. The zero-order valence-corrected chi connectivity index (χ0v) is 17.2. The highest BCUT2D eigenvalue weighted by Crippen LogP contribution is 2.53. The Morgan fingerprint density at radius 3 is 1.69 bits per heavy atom. The lowest BCUT2D eigenvalue weighted by molar-refractivity contribution is -0.162. The fourth-order valence-corrected chi connectivity index (χ4v) is 5.42. The van der Waals surface area contributed by atoms with Crippen molar-refractivity contribution in [2.45, 2.75) is 38.9 Å². The number of para-hydroxylation sites is 2. The molecule has 2 heterocycles. The molecule has 1 saturated carbocycles. The molecule has 5 heteroatoms. The molecule has 4 atom stereocenters. The number of ether oxygens (including phenoxy) is 4. The van der Waals surface area contributed by atoms with Gasteiger partial charge in [-0.2, -0.15) is 0 Å². The number of fused-ring (bicyclic) bond motifs is 4. The first kappa shape index (κ1) is 18.3. The topological polar surface area (TPSA) is 54.0 Å². The SMILES string of the molecule is COc1cccc2c1O[C@@H]1[C@H](C2)C(=O)[C@@H]2Cc3cccc(OC)c3O[C@H]2C1(C)C. The van der Waals surface area contributed by atoms with Crippen LogP contribution in [0, 0.1) is 17.3 Å². The summed E-state index contributed by atoms with van der Waals surface area (Å²) >= 11 is 0. The van der Waals surface area contributed by atoms with Crippen molar-refractivity contribution in [1.29, 1.82) is 0 Å². The molecule has 29 heavy (non-hydrogen) atoms. The van der Waals surface area contributed by atoms with Gasteiger partial charge in [0.2, 0.25) is 0 Å². The normalized spacial score (nSPS) is 28.6. The molecule has 3 aliphatic rings. The van der Waals surface area contributed by atoms with Crippen molar-refractivity contribution in [3.63, 3.8) is 0 Å². The van der Waals surface area contributed by atoms with E-state index < -0.39 is 0 Å². The lowest BCUT2D eigenvalue weighted by atomic mass is 9.59. The summed E-state index contributed by atoms with van der Waals surface area (Å²) in [5, 5.41) is 0. The largest absolute Gasteiger partial charge is 0.493 e. The average Bonchev–Trinajstić information content (AvgIpc) is 2.74. The molecule has 0 unspecified atom stereocenters. The third-order valence-corrected chi connectivity index (χ3v) is 6.86. The van der Waals surface area contributed by atoms with E-state index in [4.69, 9.17) is 18.9 Å². The third kappa shape index (κ3) is 2.56. The van der Waals surface area contributed by atoms with Crippen LogP contribution in [0.5, 0.6) is 23.0 Å². The number of Topliss-reactive ketones (excluding diaryl/α,β-unsaturated/α-hetero) is 1. The smallest absolute Gasteiger partial charge is 0.164 e. The van der Waals surface area contributed by atoms with Crippen molar-refractivity contribution in [3.05, 3.63) is 47.5 Å². The Kier molecular flexibility index (Phi) is 4.05. The molecule has 1 aliphatic carbocycles. The zero-order valence-electron chi connectivity index (χ0n) is 17.2. The second-order valence-corrected chi connectivity index (χ2v) is 8.82. The van der Waals surface area contributed by atoms with Crippen molar-refractivity contribution in [2.24, 2.45) is 17.3 Å². The average molecular weight is 394 g/mol. The summed E-state index contributed by atoms with van der Waals surface area (Å²) in [6.07, 6.45) is 0.814. The van der Waals surface area contributed by atoms with Crippen molar-refractivity contribution < 1.29 is 23.7 Å². The van der Waals surface area contributed by atoms with E-state index in [-0.39, 0.29) is 35.2 Å². The second kappa shape index (κ2) is 6.41. The van der Waals surface area contributed by atoms with E-state index in [2.05, 4.69) is 13.8 Å². The maximum absolute atomic E-state index is 13.6. The van der Waals surface area contributed by atoms with Crippen molar-refractivity contribution in [3.8, 4) is 23.0 Å². The quantitative estimate of drug-likeness (QED) is 0.774. The van der Waals surface area contributed by atoms with Crippen molar-refractivity contribution in [1.82, 2.24) is 0 Å². The highest BCUT2D eigenvalue weighted by atomic mass is 16.5. The fourth-order valence-electron chi connectivity index (χ4n) is 5.42. The summed E-state index contributed by atoms with van der Waals surface area (Å²) in [6.45, 7) is 4.30. The Morgan fingerprint density at radius 2 is 1.28 bits per heavy atom. The second-order valence-electron chi connectivity index (χ2n) is 8.82. The summed E-state index contributed by atoms with van der Waals surface area (Å²) in [4.78, 5) is 13.6. The van der Waals surface area contributed by atoms with E-state index in [1.54, 1.807) is 14.2 Å². The number of ketones is 1. The van der Waals surface area contributed by atoms with Crippen LogP contribution in [0.2, 0.25) is 0 Å². The lowest BCUT2D eigenvalue weighted by Crippen LogP contribution is -2.64. The molecule has 152 valence electrons. The number of rotatable bonds is 2. The van der Waals surface area contributed by atoms with Crippen LogP contribution in [0.25, 0.3) is 0 Å². The van der Waals surface area contributed by atoms with Gasteiger partial charge >= 0.3 is 0 Å². The van der Waals surface area contributed by atoms with Crippen LogP contribution in [0.4, 0.5) is 0 Å². The summed E-state index contributed by atoms with van der Waals surface area (Å²) in [7, 11) is 3.29. The minimum Gasteiger partial charge on any atom is -0.493 e. The number of hydrogen-bond acceptors (Lipinski definition) is 5. The van der Waals surface area contributed by atoms with Gasteiger partial charge in [0.05, 0.1) is 26.1 Å². The van der Waals surface area contributed by atoms with Crippen LogP contribution in [0.3, 0.4) is 0 Å². The molecule has 0 N–H and O–H groups in total. The molecule has 5 nitrogen and oxygen atoms in total. The van der Waals surface area contributed by atoms with Gasteiger partial charge in [-0.1, -0.05) is 38.1 Å². The molecule has 1 fully saturated rings. The van der Waals surface area contributed by atoms with E-state index in [9.17, 15) is 4.79 Å². The van der Waals surface area contributed by atoms with Crippen LogP contribution in [0.1, 0.15) is 25.0 Å². The fraction of sp³-hybridized carbons (Fsp3) is 0.458. The number of methoxy groups -OCH3 is 2. The van der Waals surface area contributed by atoms with Gasteiger partial charge in [0.1, 0.15) is 18.0 Å². The van der Waals surface area contributed by atoms with Gasteiger partial charge in [0.25, 0.3) is 0 Å². The van der Waals surface area contributed by atoms with Gasteiger partial charge in [0, 0.05) is 5.41 Å². The summed E-state index contributed by atoms with van der Waals surface area (Å²) in [5.74, 6) is 2.81. The molecular formula is C24H26O5. The number of carbonyl (C=O) groups excluding carboxylic acids is 1. The van der Waals surface area contributed by atoms with Gasteiger partial charge in [0.15, 0.2) is 23.0 Å². The van der Waals surface area contributed by atoms with Crippen LogP contribution in [0.15, 0.2) is 36.4 Å². The van der Waals surface area contributed by atoms with E-state index in [1.807, 2.05) is 36.4 Å². The van der Waals surface area contributed by atoms with E-state index in [1.165, 1.54) is 0 Å². The minimum atomic E-state index is -0.361. The number of benzene rings is 2. The third-order valence-electron chi connectivity index (χ3n) is 6.86. The standard InChI is InChI=1S/C24H26O5/c1-24(2)22-15(11-13-7-5-9-17(26-3)20(13)28-22)19(25)16-12-14-8-6-10-18(27-4)21(14)29-23(16)24/h5-10,15-16,22-23H,11-12H2,1-4H3/t15-,16+,22-,23-/m1/s1. The Hall–Kier alpha value is -2.69. The molecule has 2 aromatic carbocycles. The predicted molar refractivity (Wildman–Crippen MR) is 108 cm³/mol. The van der Waals surface area contributed by atoms with Gasteiger partial charge in [-0.25, -0.2) is 0 Å². The van der Waals surface area contributed by atoms with Crippen LogP contribution >= 0.6 is 0 Å². The highest BCUT2D eigenvalue weighted by molar-refractivity contribution is 5.87. The van der Waals surface area contributed by atoms with Gasteiger partial charge in [-0.15, -0.1) is 0 Å². The monoisotopic (exact) mass is 394 g/mol. The number of carbonyl (C=O) groups is 1. The Labute approximate surface area is 170 Å².